The average molecular weight is 829 g/mol. The lowest BCUT2D eigenvalue weighted by Crippen LogP contribution is -2.50. The smallest absolute Gasteiger partial charge is 0.272 e. The number of carbonyl (C=O) groups excluding carboxylic acids is 8. The van der Waals surface area contributed by atoms with Gasteiger partial charge in [-0.3, -0.25) is 43.3 Å². The van der Waals surface area contributed by atoms with Crippen molar-refractivity contribution in [1.29, 1.82) is 0 Å². The Morgan fingerprint density at radius 3 is 2.15 bits per heavy atom. The molecule has 2 saturated carbocycles. The van der Waals surface area contributed by atoms with Gasteiger partial charge in [-0.1, -0.05) is 90.1 Å². The number of hydrogen-bond acceptors (Lipinski definition) is 10. The third kappa shape index (κ3) is 13.4. The van der Waals surface area contributed by atoms with Gasteiger partial charge in [-0.05, 0) is 49.0 Å². The Morgan fingerprint density at radius 2 is 1.53 bits per heavy atom. The van der Waals surface area contributed by atoms with Crippen LogP contribution in [0.2, 0.25) is 0 Å². The van der Waals surface area contributed by atoms with Gasteiger partial charge < -0.3 is 20.9 Å². The second-order valence-electron chi connectivity index (χ2n) is 17.8. The molecular formula is C46H64N6O8. The lowest BCUT2D eigenvalue weighted by molar-refractivity contribution is -0.141. The molecule has 326 valence electrons. The molecule has 14 nitrogen and oxygen atoms in total. The van der Waals surface area contributed by atoms with Crippen LogP contribution in [-0.2, 0) is 33.6 Å². The zero-order chi connectivity index (χ0) is 44.0. The second-order valence-corrected chi connectivity index (χ2v) is 17.8. The topological polar surface area (TPSA) is 202 Å². The van der Waals surface area contributed by atoms with Crippen LogP contribution in [0.25, 0.3) is 0 Å². The fraction of sp³-hybridized carbons (Fsp3) is 0.609. The van der Waals surface area contributed by atoms with E-state index in [2.05, 4.69) is 25.9 Å². The van der Waals surface area contributed by atoms with E-state index in [1.54, 1.807) is 44.4 Å². The number of Topliss-reactive ketones (excluding diaryl/α,β-unsaturated/α-hetero) is 4. The highest BCUT2D eigenvalue weighted by molar-refractivity contribution is 6.38. The van der Waals surface area contributed by atoms with E-state index in [0.29, 0.717) is 37.7 Å². The molecule has 14 heteroatoms. The van der Waals surface area contributed by atoms with Crippen molar-refractivity contribution in [3.63, 3.8) is 0 Å². The number of nitrogens with one attached hydrogen (secondary N) is 3. The van der Waals surface area contributed by atoms with Gasteiger partial charge in [-0.2, -0.15) is 0 Å². The number of ketones is 4. The van der Waals surface area contributed by atoms with Gasteiger partial charge in [0.25, 0.3) is 5.91 Å². The molecule has 2 fully saturated rings. The predicted octanol–water partition coefficient (Wildman–Crippen LogP) is 5.30. The summed E-state index contributed by atoms with van der Waals surface area (Å²) in [6, 6.07) is 6.49. The Balaban J connectivity index is 1.38. The Hall–Kier alpha value is -5.14. The molecule has 4 amide bonds. The summed E-state index contributed by atoms with van der Waals surface area (Å²) in [6.07, 6.45) is 10.4. The minimum Gasteiger partial charge on any atom is -0.352 e. The summed E-state index contributed by atoms with van der Waals surface area (Å²) in [7, 11) is 3.16. The molecule has 2 aliphatic rings. The van der Waals surface area contributed by atoms with Crippen LogP contribution in [0, 0.1) is 29.1 Å². The predicted molar refractivity (Wildman–Crippen MR) is 225 cm³/mol. The summed E-state index contributed by atoms with van der Waals surface area (Å²) >= 11 is 0. The lowest BCUT2D eigenvalue weighted by Gasteiger charge is -2.34. The summed E-state index contributed by atoms with van der Waals surface area (Å²) in [6.45, 7) is 7.53. The quantitative estimate of drug-likeness (QED) is 0.139. The van der Waals surface area contributed by atoms with Crippen LogP contribution in [0.5, 0.6) is 0 Å². The first-order chi connectivity index (χ1) is 28.5. The fourth-order valence-corrected chi connectivity index (χ4v) is 8.55. The molecule has 3 N–H and O–H groups in total. The Labute approximate surface area is 354 Å². The molecule has 6 atom stereocenters. The second kappa shape index (κ2) is 22.5. The largest absolute Gasteiger partial charge is 0.352 e. The highest BCUT2D eigenvalue weighted by Crippen LogP contribution is 2.35. The number of hydrogen-bond donors (Lipinski definition) is 3. The number of carbonyl (C=O) groups is 8. The van der Waals surface area contributed by atoms with Crippen LogP contribution < -0.4 is 16.0 Å². The molecule has 0 spiro atoms. The van der Waals surface area contributed by atoms with Crippen molar-refractivity contribution in [2.75, 3.05) is 14.1 Å². The van der Waals surface area contributed by atoms with Gasteiger partial charge in [0, 0.05) is 76.0 Å². The molecule has 1 heterocycles. The third-order valence-corrected chi connectivity index (χ3v) is 12.0. The van der Waals surface area contributed by atoms with Gasteiger partial charge in [0.2, 0.25) is 23.5 Å². The van der Waals surface area contributed by atoms with Crippen molar-refractivity contribution >= 4 is 46.8 Å². The Kier molecular flexibility index (Phi) is 17.8. The zero-order valence-corrected chi connectivity index (χ0v) is 36.2. The number of nitrogens with zero attached hydrogens (tertiary/aromatic N) is 3. The van der Waals surface area contributed by atoms with Gasteiger partial charge in [0.05, 0.1) is 12.2 Å². The molecule has 2 aromatic rings. The van der Waals surface area contributed by atoms with E-state index < -0.39 is 64.7 Å². The van der Waals surface area contributed by atoms with E-state index in [4.69, 9.17) is 0 Å². The van der Waals surface area contributed by atoms with Crippen LogP contribution >= 0.6 is 0 Å². The summed E-state index contributed by atoms with van der Waals surface area (Å²) in [4.78, 5) is 117. The van der Waals surface area contributed by atoms with Crippen molar-refractivity contribution in [1.82, 2.24) is 30.8 Å². The van der Waals surface area contributed by atoms with Gasteiger partial charge in [-0.25, -0.2) is 4.98 Å². The zero-order valence-electron chi connectivity index (χ0n) is 36.2. The molecule has 2 aliphatic carbocycles. The van der Waals surface area contributed by atoms with E-state index >= 15 is 0 Å². The maximum Gasteiger partial charge on any atom is 0.272 e. The molecule has 0 aliphatic heterocycles. The molecule has 0 radical (unpaired) electrons. The molecule has 0 bridgehead atoms. The highest BCUT2D eigenvalue weighted by atomic mass is 16.2. The summed E-state index contributed by atoms with van der Waals surface area (Å²) < 4.78 is 0. The van der Waals surface area contributed by atoms with E-state index in [9.17, 15) is 38.4 Å². The van der Waals surface area contributed by atoms with E-state index in [1.165, 1.54) is 23.5 Å². The Bertz CT molecular complexity index is 1820. The fourth-order valence-electron chi connectivity index (χ4n) is 8.55. The first-order valence-electron chi connectivity index (χ1n) is 21.6. The first-order valence-corrected chi connectivity index (χ1v) is 21.6. The standard InChI is InChI=1S/C46H64N6O8/c1-7-15-31(42(57)36(53)22-23-39(56)50-41(45(60)52(5)6)30-18-12-9-13-19-30)26-37(54)32-20-14-21-34(32)49-43(58)33(46(2,3)4)27-38(55)40(29-16-10-8-11-17-29)51-44(59)35-28-47-24-25-48-35/h9,12-13,18-19,24-25,28-29,31-34,40-41H,7-8,10-11,14-17,20-23,26-27H2,1-6H3,(H,49,58)(H,50,56)(H,51,59)/t31-,32-,33?,34+,40+,41+/m1/s1. The molecule has 1 aromatic heterocycles. The molecule has 0 saturated heterocycles. The number of amides is 4. The summed E-state index contributed by atoms with van der Waals surface area (Å²) in [5.41, 5.74) is 0.0561. The molecule has 4 rings (SSSR count). The molecular weight excluding hydrogens is 765 g/mol. The summed E-state index contributed by atoms with van der Waals surface area (Å²) in [5.74, 6) is -5.88. The van der Waals surface area contributed by atoms with E-state index in [-0.39, 0.29) is 60.7 Å². The van der Waals surface area contributed by atoms with E-state index in [0.717, 1.165) is 32.1 Å². The lowest BCUT2D eigenvalue weighted by atomic mass is 9.74. The van der Waals surface area contributed by atoms with Crippen molar-refractivity contribution in [2.45, 2.75) is 136 Å². The van der Waals surface area contributed by atoms with Crippen LogP contribution in [0.1, 0.15) is 140 Å². The highest BCUT2D eigenvalue weighted by Gasteiger charge is 2.42. The maximum absolute atomic E-state index is 14.1. The van der Waals surface area contributed by atoms with Crippen LogP contribution in [0.15, 0.2) is 48.9 Å². The van der Waals surface area contributed by atoms with Crippen LogP contribution in [-0.4, -0.2) is 87.8 Å². The van der Waals surface area contributed by atoms with Gasteiger partial charge in [0.1, 0.15) is 17.5 Å². The van der Waals surface area contributed by atoms with Crippen LogP contribution in [0.3, 0.4) is 0 Å². The monoisotopic (exact) mass is 828 g/mol. The Morgan fingerprint density at radius 1 is 0.833 bits per heavy atom. The van der Waals surface area contributed by atoms with E-state index in [1.807, 2.05) is 27.7 Å². The van der Waals surface area contributed by atoms with Crippen molar-refractivity contribution in [2.24, 2.45) is 29.1 Å². The normalized spacial score (nSPS) is 18.9. The van der Waals surface area contributed by atoms with Crippen LogP contribution in [0.4, 0.5) is 0 Å². The molecule has 1 aromatic carbocycles. The minimum atomic E-state index is -0.953. The molecule has 60 heavy (non-hydrogen) atoms. The van der Waals surface area contributed by atoms with Gasteiger partial charge in [0.15, 0.2) is 11.6 Å². The van der Waals surface area contributed by atoms with Gasteiger partial charge >= 0.3 is 0 Å². The average Bonchev–Trinajstić information content (AvgIpc) is 3.70. The maximum atomic E-state index is 14.1. The molecule has 1 unspecified atom stereocenters. The first kappa shape index (κ1) is 47.5. The number of rotatable bonds is 21. The third-order valence-electron chi connectivity index (χ3n) is 12.0. The number of benzene rings is 1. The minimum absolute atomic E-state index is 0.0686. The van der Waals surface area contributed by atoms with Crippen molar-refractivity contribution in [3.8, 4) is 0 Å². The van der Waals surface area contributed by atoms with Gasteiger partial charge in [-0.15, -0.1) is 0 Å². The van der Waals surface area contributed by atoms with Crippen molar-refractivity contribution in [3.05, 3.63) is 60.2 Å². The number of likely N-dealkylation sites (N-methyl/N-ethyl adjacent to an activating group) is 1. The summed E-state index contributed by atoms with van der Waals surface area (Å²) in [5, 5.41) is 8.71. The van der Waals surface area contributed by atoms with Crippen molar-refractivity contribution < 1.29 is 38.4 Å². The SMILES string of the molecule is CCC[C@H](CC(=O)[C@@H]1CCC[C@@H]1NC(=O)C(CC(=O)[C@@H](NC(=O)c1cnccn1)C1CCCCC1)C(C)(C)C)C(=O)C(=O)CCC(=O)N[C@H](C(=O)N(C)C)c1ccccc1. The number of aromatic nitrogens is 2.